The first-order valence-electron chi connectivity index (χ1n) is 9.58. The van der Waals surface area contributed by atoms with Gasteiger partial charge in [-0.3, -0.25) is 9.36 Å². The molecule has 1 aromatic heterocycles. The van der Waals surface area contributed by atoms with Crippen LogP contribution in [-0.4, -0.2) is 28.8 Å². The van der Waals surface area contributed by atoms with Gasteiger partial charge < -0.3 is 0 Å². The monoisotopic (exact) mass is 417 g/mol. The normalized spacial score (nSPS) is 13.1. The highest BCUT2D eigenvalue weighted by molar-refractivity contribution is 7.89. The van der Waals surface area contributed by atoms with Gasteiger partial charge in [-0.05, 0) is 56.7 Å². The van der Waals surface area contributed by atoms with E-state index in [1.54, 1.807) is 31.2 Å². The Hall–Kier alpha value is -2.58. The Morgan fingerprint density at radius 3 is 2.38 bits per heavy atom. The van der Waals surface area contributed by atoms with E-state index in [-0.39, 0.29) is 17.0 Å². The highest BCUT2D eigenvalue weighted by atomic mass is 32.2. The third kappa shape index (κ3) is 3.95. The van der Waals surface area contributed by atoms with Crippen molar-refractivity contribution >= 4 is 20.9 Å². The molecule has 1 heterocycles. The van der Waals surface area contributed by atoms with Crippen LogP contribution in [0.5, 0.6) is 0 Å². The van der Waals surface area contributed by atoms with Gasteiger partial charge in [-0.2, -0.15) is 4.31 Å². The largest absolute Gasteiger partial charge is 0.295 e. The summed E-state index contributed by atoms with van der Waals surface area (Å²) in [6.07, 6.45) is 0.578. The van der Waals surface area contributed by atoms with E-state index < -0.39 is 21.9 Å². The predicted octanol–water partition coefficient (Wildman–Crippen LogP) is 3.72. The highest BCUT2D eigenvalue weighted by Gasteiger charge is 2.32. The van der Waals surface area contributed by atoms with Crippen LogP contribution < -0.4 is 5.56 Å². The van der Waals surface area contributed by atoms with Gasteiger partial charge in [-0.15, -0.1) is 0 Å². The predicted molar refractivity (Wildman–Crippen MR) is 111 cm³/mol. The standard InChI is InChI=1S/C21H24FN3O3S/c1-4-14-25(29(27,28)17-12-10-16(22)11-13-17)15(3)20-23-19-9-7-6-8-18(19)21(26)24(20)5-2/h6-13,15H,4-5,14H2,1-3H3. The fourth-order valence-corrected chi connectivity index (χ4v) is 5.11. The SMILES string of the molecule is CCCN(C(C)c1nc2ccccc2c(=O)n1CC)S(=O)(=O)c1ccc(F)cc1. The van der Waals surface area contributed by atoms with Crippen LogP contribution in [0.2, 0.25) is 0 Å². The summed E-state index contributed by atoms with van der Waals surface area (Å²) in [5, 5.41) is 0.494. The summed E-state index contributed by atoms with van der Waals surface area (Å²) in [6.45, 7) is 6.03. The number of benzene rings is 2. The minimum absolute atomic E-state index is 0.00499. The van der Waals surface area contributed by atoms with E-state index in [4.69, 9.17) is 0 Å². The fraction of sp³-hybridized carbons (Fsp3) is 0.333. The number of fused-ring (bicyclic) bond motifs is 1. The molecular weight excluding hydrogens is 393 g/mol. The van der Waals surface area contributed by atoms with Gasteiger partial charge in [-0.25, -0.2) is 17.8 Å². The summed E-state index contributed by atoms with van der Waals surface area (Å²) < 4.78 is 42.7. The van der Waals surface area contributed by atoms with Crippen molar-refractivity contribution < 1.29 is 12.8 Å². The molecule has 29 heavy (non-hydrogen) atoms. The van der Waals surface area contributed by atoms with E-state index in [0.29, 0.717) is 29.7 Å². The molecule has 1 unspecified atom stereocenters. The van der Waals surface area contributed by atoms with E-state index in [0.717, 1.165) is 12.1 Å². The van der Waals surface area contributed by atoms with Crippen molar-refractivity contribution in [3.8, 4) is 0 Å². The van der Waals surface area contributed by atoms with Crippen LogP contribution in [0.25, 0.3) is 10.9 Å². The van der Waals surface area contributed by atoms with Crippen LogP contribution in [0.4, 0.5) is 4.39 Å². The molecule has 0 amide bonds. The summed E-state index contributed by atoms with van der Waals surface area (Å²) in [5.74, 6) is -0.120. The third-order valence-electron chi connectivity index (χ3n) is 4.88. The number of hydrogen-bond donors (Lipinski definition) is 0. The van der Waals surface area contributed by atoms with Crippen LogP contribution in [0.15, 0.2) is 58.2 Å². The molecule has 1 atom stereocenters. The molecule has 0 aliphatic carbocycles. The Labute approximate surface area is 169 Å². The van der Waals surface area contributed by atoms with Crippen LogP contribution in [0.3, 0.4) is 0 Å². The van der Waals surface area contributed by atoms with Gasteiger partial charge in [-0.1, -0.05) is 19.1 Å². The minimum atomic E-state index is -3.91. The van der Waals surface area contributed by atoms with Gasteiger partial charge in [0, 0.05) is 13.1 Å². The molecular formula is C21H24FN3O3S. The van der Waals surface area contributed by atoms with Crippen LogP contribution in [0.1, 0.15) is 39.1 Å². The molecule has 2 aromatic carbocycles. The first-order chi connectivity index (χ1) is 13.8. The maximum absolute atomic E-state index is 13.3. The van der Waals surface area contributed by atoms with Gasteiger partial charge in [0.05, 0.1) is 21.8 Å². The minimum Gasteiger partial charge on any atom is -0.295 e. The zero-order valence-corrected chi connectivity index (χ0v) is 17.5. The van der Waals surface area contributed by atoms with Crippen molar-refractivity contribution in [3.05, 3.63) is 70.5 Å². The lowest BCUT2D eigenvalue weighted by molar-refractivity contribution is 0.321. The quantitative estimate of drug-likeness (QED) is 0.587. The Kier molecular flexibility index (Phi) is 6.14. The Bertz CT molecular complexity index is 1170. The van der Waals surface area contributed by atoms with Gasteiger partial charge in [0.1, 0.15) is 11.6 Å². The Morgan fingerprint density at radius 1 is 1.10 bits per heavy atom. The second-order valence-electron chi connectivity index (χ2n) is 6.78. The first kappa shape index (κ1) is 21.1. The zero-order valence-electron chi connectivity index (χ0n) is 16.7. The average molecular weight is 418 g/mol. The second-order valence-corrected chi connectivity index (χ2v) is 8.67. The molecule has 0 bridgehead atoms. The summed E-state index contributed by atoms with van der Waals surface area (Å²) >= 11 is 0. The van der Waals surface area contributed by atoms with Crippen LogP contribution in [0, 0.1) is 5.82 Å². The molecule has 0 radical (unpaired) electrons. The molecule has 6 nitrogen and oxygen atoms in total. The van der Waals surface area contributed by atoms with Crippen molar-refractivity contribution in [1.29, 1.82) is 0 Å². The zero-order chi connectivity index (χ0) is 21.2. The number of aromatic nitrogens is 2. The topological polar surface area (TPSA) is 72.3 Å². The van der Waals surface area contributed by atoms with Gasteiger partial charge >= 0.3 is 0 Å². The van der Waals surface area contributed by atoms with E-state index in [2.05, 4.69) is 4.98 Å². The third-order valence-corrected chi connectivity index (χ3v) is 6.86. The first-order valence-corrected chi connectivity index (χ1v) is 11.0. The fourth-order valence-electron chi connectivity index (χ4n) is 3.42. The molecule has 0 fully saturated rings. The van der Waals surface area contributed by atoms with E-state index >= 15 is 0 Å². The van der Waals surface area contributed by atoms with Gasteiger partial charge in [0.2, 0.25) is 10.0 Å². The number of sulfonamides is 1. The van der Waals surface area contributed by atoms with Crippen LogP contribution in [-0.2, 0) is 16.6 Å². The summed E-state index contributed by atoms with van der Waals surface area (Å²) in [5.41, 5.74) is 0.329. The lowest BCUT2D eigenvalue weighted by Gasteiger charge is -2.29. The van der Waals surface area contributed by atoms with Crippen molar-refractivity contribution in [2.45, 2.75) is 44.7 Å². The second kappa shape index (κ2) is 8.42. The van der Waals surface area contributed by atoms with Gasteiger partial charge in [0.25, 0.3) is 5.56 Å². The lowest BCUT2D eigenvalue weighted by atomic mass is 10.2. The molecule has 0 saturated heterocycles. The summed E-state index contributed by atoms with van der Waals surface area (Å²) in [6, 6.07) is 11.1. The molecule has 0 spiro atoms. The number of nitrogens with zero attached hydrogens (tertiary/aromatic N) is 3. The lowest BCUT2D eigenvalue weighted by Crippen LogP contribution is -2.38. The van der Waals surface area contributed by atoms with Gasteiger partial charge in [0.15, 0.2) is 0 Å². The Balaban J connectivity index is 2.16. The number of halogens is 1. The molecule has 0 saturated carbocycles. The van der Waals surface area contributed by atoms with E-state index in [9.17, 15) is 17.6 Å². The molecule has 0 N–H and O–H groups in total. The van der Waals surface area contributed by atoms with E-state index in [1.165, 1.54) is 21.0 Å². The number of hydrogen-bond acceptors (Lipinski definition) is 4. The molecule has 8 heteroatoms. The number of rotatable bonds is 7. The highest BCUT2D eigenvalue weighted by Crippen LogP contribution is 2.27. The van der Waals surface area contributed by atoms with Crippen molar-refractivity contribution in [1.82, 2.24) is 13.9 Å². The number of para-hydroxylation sites is 1. The molecule has 154 valence electrons. The molecule has 0 aliphatic rings. The van der Waals surface area contributed by atoms with Crippen LogP contribution >= 0.6 is 0 Å². The molecule has 3 aromatic rings. The maximum Gasteiger partial charge on any atom is 0.261 e. The maximum atomic E-state index is 13.3. The van der Waals surface area contributed by atoms with E-state index in [1.807, 2.05) is 13.8 Å². The summed E-state index contributed by atoms with van der Waals surface area (Å²) in [4.78, 5) is 17.6. The molecule has 0 aliphatic heterocycles. The van der Waals surface area contributed by atoms with Crippen molar-refractivity contribution in [3.63, 3.8) is 0 Å². The average Bonchev–Trinajstić information content (AvgIpc) is 2.71. The smallest absolute Gasteiger partial charge is 0.261 e. The molecule has 3 rings (SSSR count). The van der Waals surface area contributed by atoms with Crippen molar-refractivity contribution in [2.75, 3.05) is 6.54 Å². The summed E-state index contributed by atoms with van der Waals surface area (Å²) in [7, 11) is -3.91. The van der Waals surface area contributed by atoms with Crippen molar-refractivity contribution in [2.24, 2.45) is 0 Å². The Morgan fingerprint density at radius 2 is 1.76 bits per heavy atom.